The molecule has 0 spiro atoms. The van der Waals surface area contributed by atoms with E-state index < -0.39 is 5.60 Å². The molecule has 3 heterocycles. The second-order valence-electron chi connectivity index (χ2n) is 8.31. The van der Waals surface area contributed by atoms with Crippen LogP contribution in [0.25, 0.3) is 0 Å². The van der Waals surface area contributed by atoms with Gasteiger partial charge in [-0.2, -0.15) is 0 Å². The monoisotopic (exact) mass is 296 g/mol. The molecule has 3 atom stereocenters. The first-order valence-electron chi connectivity index (χ1n) is 8.64. The Morgan fingerprint density at radius 3 is 2.29 bits per heavy atom. The van der Waals surface area contributed by atoms with E-state index >= 15 is 0 Å². The molecule has 0 radical (unpaired) electrons. The zero-order chi connectivity index (χ0) is 15.3. The number of hydrogen-bond acceptors (Lipinski definition) is 4. The SMILES string of the molecule is CC1(C)OC(C)(C)C(CN2CCC(N3CCCC3)C2)C1O. The number of rotatable bonds is 3. The van der Waals surface area contributed by atoms with Crippen molar-refractivity contribution in [3.05, 3.63) is 0 Å². The molecule has 3 fully saturated rings. The van der Waals surface area contributed by atoms with Crippen LogP contribution < -0.4 is 0 Å². The lowest BCUT2D eigenvalue weighted by Gasteiger charge is -2.31. The summed E-state index contributed by atoms with van der Waals surface area (Å²) in [4.78, 5) is 5.21. The van der Waals surface area contributed by atoms with Crippen LogP contribution in [0.4, 0.5) is 0 Å². The molecule has 0 aromatic heterocycles. The van der Waals surface area contributed by atoms with E-state index in [0.29, 0.717) is 0 Å². The van der Waals surface area contributed by atoms with Crippen LogP contribution in [0.2, 0.25) is 0 Å². The number of hydrogen-bond donors (Lipinski definition) is 1. The zero-order valence-corrected chi connectivity index (χ0v) is 14.1. The van der Waals surface area contributed by atoms with Crippen molar-refractivity contribution in [2.75, 3.05) is 32.7 Å². The van der Waals surface area contributed by atoms with Crippen LogP contribution in [0.1, 0.15) is 47.0 Å². The van der Waals surface area contributed by atoms with Gasteiger partial charge in [0, 0.05) is 25.0 Å². The van der Waals surface area contributed by atoms with Gasteiger partial charge in [-0.1, -0.05) is 0 Å². The molecular weight excluding hydrogens is 264 g/mol. The minimum Gasteiger partial charge on any atom is -0.390 e. The Kier molecular flexibility index (Phi) is 4.11. The van der Waals surface area contributed by atoms with E-state index in [1.807, 2.05) is 13.8 Å². The van der Waals surface area contributed by atoms with Crippen molar-refractivity contribution in [1.29, 1.82) is 0 Å². The predicted octanol–water partition coefficient (Wildman–Crippen LogP) is 1.72. The van der Waals surface area contributed by atoms with Crippen LogP contribution in [0.5, 0.6) is 0 Å². The largest absolute Gasteiger partial charge is 0.390 e. The Balaban J connectivity index is 1.59. The Bertz CT molecular complexity index is 377. The van der Waals surface area contributed by atoms with Crippen LogP contribution >= 0.6 is 0 Å². The van der Waals surface area contributed by atoms with Crippen LogP contribution in [0, 0.1) is 5.92 Å². The maximum absolute atomic E-state index is 10.6. The fraction of sp³-hybridized carbons (Fsp3) is 1.00. The molecule has 4 heteroatoms. The summed E-state index contributed by atoms with van der Waals surface area (Å²) in [7, 11) is 0. The van der Waals surface area contributed by atoms with Crippen LogP contribution in [0.3, 0.4) is 0 Å². The lowest BCUT2D eigenvalue weighted by molar-refractivity contribution is -0.0912. The van der Waals surface area contributed by atoms with Gasteiger partial charge in [-0.25, -0.2) is 0 Å². The highest BCUT2D eigenvalue weighted by molar-refractivity contribution is 5.03. The molecule has 4 nitrogen and oxygen atoms in total. The highest BCUT2D eigenvalue weighted by atomic mass is 16.5. The Hall–Kier alpha value is -0.160. The summed E-state index contributed by atoms with van der Waals surface area (Å²) in [6.07, 6.45) is 3.64. The van der Waals surface area contributed by atoms with E-state index in [0.717, 1.165) is 12.6 Å². The molecule has 3 aliphatic heterocycles. The zero-order valence-electron chi connectivity index (χ0n) is 14.1. The van der Waals surface area contributed by atoms with E-state index in [2.05, 4.69) is 23.6 Å². The number of nitrogens with zero attached hydrogens (tertiary/aromatic N) is 2. The molecule has 1 N–H and O–H groups in total. The van der Waals surface area contributed by atoms with E-state index in [1.165, 1.54) is 45.4 Å². The van der Waals surface area contributed by atoms with Gasteiger partial charge in [0.05, 0.1) is 17.3 Å². The normalized spacial score (nSPS) is 40.1. The Morgan fingerprint density at radius 1 is 1.05 bits per heavy atom. The van der Waals surface area contributed by atoms with Gasteiger partial charge in [0.25, 0.3) is 0 Å². The molecule has 0 aromatic carbocycles. The molecular formula is C17H32N2O2. The lowest BCUT2D eigenvalue weighted by Crippen LogP contribution is -2.44. The minimum atomic E-state index is -0.428. The van der Waals surface area contributed by atoms with Crippen molar-refractivity contribution in [3.8, 4) is 0 Å². The quantitative estimate of drug-likeness (QED) is 0.860. The van der Waals surface area contributed by atoms with Crippen LogP contribution in [-0.2, 0) is 4.74 Å². The third kappa shape index (κ3) is 3.00. The highest BCUT2D eigenvalue weighted by Crippen LogP contribution is 2.42. The Morgan fingerprint density at radius 2 is 1.71 bits per heavy atom. The Labute approximate surface area is 129 Å². The summed E-state index contributed by atoms with van der Waals surface area (Å²) in [5.74, 6) is 0.199. The molecule has 3 saturated heterocycles. The first-order valence-corrected chi connectivity index (χ1v) is 8.64. The van der Waals surface area contributed by atoms with E-state index in [-0.39, 0.29) is 17.6 Å². The van der Waals surface area contributed by atoms with Crippen molar-refractivity contribution in [1.82, 2.24) is 9.80 Å². The molecule has 3 rings (SSSR count). The number of aliphatic hydroxyl groups is 1. The van der Waals surface area contributed by atoms with Gasteiger partial charge in [0.15, 0.2) is 0 Å². The maximum atomic E-state index is 10.6. The van der Waals surface area contributed by atoms with Crippen molar-refractivity contribution < 1.29 is 9.84 Å². The molecule has 0 aliphatic carbocycles. The van der Waals surface area contributed by atoms with Gasteiger partial charge < -0.3 is 14.7 Å². The summed E-state index contributed by atoms with van der Waals surface area (Å²) in [6, 6.07) is 0.739. The van der Waals surface area contributed by atoms with Gasteiger partial charge in [-0.05, 0) is 66.6 Å². The first kappa shape index (κ1) is 15.7. The van der Waals surface area contributed by atoms with Crippen molar-refractivity contribution in [2.45, 2.75) is 70.3 Å². The fourth-order valence-electron chi connectivity index (χ4n) is 4.66. The topological polar surface area (TPSA) is 35.9 Å². The van der Waals surface area contributed by atoms with E-state index in [4.69, 9.17) is 4.74 Å². The molecule has 0 amide bonds. The molecule has 21 heavy (non-hydrogen) atoms. The van der Waals surface area contributed by atoms with Crippen molar-refractivity contribution in [3.63, 3.8) is 0 Å². The molecule has 0 saturated carbocycles. The summed E-state index contributed by atoms with van der Waals surface area (Å²) >= 11 is 0. The predicted molar refractivity (Wildman–Crippen MR) is 84.4 cm³/mol. The van der Waals surface area contributed by atoms with Gasteiger partial charge in [0.2, 0.25) is 0 Å². The van der Waals surface area contributed by atoms with Gasteiger partial charge in [-0.15, -0.1) is 0 Å². The van der Waals surface area contributed by atoms with Gasteiger partial charge in [0.1, 0.15) is 0 Å². The molecule has 0 bridgehead atoms. The molecule has 3 unspecified atom stereocenters. The van der Waals surface area contributed by atoms with Gasteiger partial charge >= 0.3 is 0 Å². The van der Waals surface area contributed by atoms with Crippen molar-refractivity contribution in [2.24, 2.45) is 5.92 Å². The third-order valence-corrected chi connectivity index (χ3v) is 5.87. The average molecular weight is 296 g/mol. The van der Waals surface area contributed by atoms with E-state index in [1.54, 1.807) is 0 Å². The van der Waals surface area contributed by atoms with E-state index in [9.17, 15) is 5.11 Å². The van der Waals surface area contributed by atoms with Crippen LogP contribution in [0.15, 0.2) is 0 Å². The number of aliphatic hydroxyl groups excluding tert-OH is 1. The fourth-order valence-corrected chi connectivity index (χ4v) is 4.66. The minimum absolute atomic E-state index is 0.199. The first-order chi connectivity index (χ1) is 9.79. The average Bonchev–Trinajstić information content (AvgIpc) is 3.06. The second-order valence-corrected chi connectivity index (χ2v) is 8.31. The summed E-state index contributed by atoms with van der Waals surface area (Å²) in [6.45, 7) is 14.1. The molecule has 3 aliphatic rings. The maximum Gasteiger partial charge on any atom is 0.0896 e. The summed E-state index contributed by atoms with van der Waals surface area (Å²) < 4.78 is 6.11. The third-order valence-electron chi connectivity index (χ3n) is 5.87. The van der Waals surface area contributed by atoms with Gasteiger partial charge in [-0.3, -0.25) is 4.90 Å². The standard InChI is InChI=1S/C17H32N2O2/c1-16(2)14(15(20)17(3,4)21-16)12-18-10-7-13(11-18)19-8-5-6-9-19/h13-15,20H,5-12H2,1-4H3. The second kappa shape index (κ2) is 5.48. The smallest absolute Gasteiger partial charge is 0.0896 e. The van der Waals surface area contributed by atoms with Crippen molar-refractivity contribution >= 4 is 0 Å². The number of ether oxygens (including phenoxy) is 1. The summed E-state index contributed by atoms with van der Waals surface area (Å²) in [5, 5.41) is 10.6. The lowest BCUT2D eigenvalue weighted by atomic mass is 9.84. The molecule has 0 aromatic rings. The molecule has 122 valence electrons. The van der Waals surface area contributed by atoms with Crippen LogP contribution in [-0.4, -0.2) is 71.0 Å². The highest BCUT2D eigenvalue weighted by Gasteiger charge is 2.53. The number of likely N-dealkylation sites (tertiary alicyclic amines) is 2. The summed E-state index contributed by atoms with van der Waals surface area (Å²) in [5.41, 5.74) is -0.670.